The number of hydrogen-bond donors (Lipinski definition) is 0. The summed E-state index contributed by atoms with van der Waals surface area (Å²) in [4.78, 5) is 2.37. The third-order valence-corrected chi connectivity index (χ3v) is 12.4. The van der Waals surface area contributed by atoms with Crippen LogP contribution in [-0.2, 0) is 0 Å². The number of nitrogens with zero attached hydrogens (tertiary/aromatic N) is 1. The van der Waals surface area contributed by atoms with Gasteiger partial charge in [-0.1, -0.05) is 170 Å². The van der Waals surface area contributed by atoms with E-state index in [0.29, 0.717) is 0 Å². The zero-order chi connectivity index (χ0) is 41.0. The lowest BCUT2D eigenvalue weighted by atomic mass is 9.89. The highest BCUT2D eigenvalue weighted by molar-refractivity contribution is 6.16. The van der Waals surface area contributed by atoms with Gasteiger partial charge >= 0.3 is 0 Å². The second kappa shape index (κ2) is 14.8. The van der Waals surface area contributed by atoms with Gasteiger partial charge in [-0.3, -0.25) is 0 Å². The first-order chi connectivity index (χ1) is 30.7. The lowest BCUT2D eigenvalue weighted by Gasteiger charge is -2.27. The number of fused-ring (bicyclic) bond motifs is 7. The van der Waals surface area contributed by atoms with Crippen molar-refractivity contribution < 1.29 is 4.42 Å². The molecular weight excluding hydrogens is 751 g/mol. The molecular formula is C60H39NO. The molecule has 62 heavy (non-hydrogen) atoms. The Bertz CT molecular complexity index is 3610. The lowest BCUT2D eigenvalue weighted by molar-refractivity contribution is 0.669. The van der Waals surface area contributed by atoms with Gasteiger partial charge in [-0.25, -0.2) is 0 Å². The summed E-state index contributed by atoms with van der Waals surface area (Å²) in [7, 11) is 0. The molecule has 0 aliphatic carbocycles. The maximum absolute atomic E-state index is 6.43. The number of rotatable bonds is 7. The molecule has 0 aliphatic rings. The molecule has 0 bridgehead atoms. The largest absolute Gasteiger partial charge is 0.456 e. The highest BCUT2D eigenvalue weighted by atomic mass is 16.3. The van der Waals surface area contributed by atoms with Crippen molar-refractivity contribution >= 4 is 71.3 Å². The van der Waals surface area contributed by atoms with Crippen LogP contribution in [0.3, 0.4) is 0 Å². The molecule has 2 nitrogen and oxygen atoms in total. The second-order valence-corrected chi connectivity index (χ2v) is 16.1. The number of benzene rings is 11. The molecule has 12 rings (SSSR count). The molecule has 0 unspecified atom stereocenters. The van der Waals surface area contributed by atoms with Crippen LogP contribution in [-0.4, -0.2) is 0 Å². The van der Waals surface area contributed by atoms with E-state index >= 15 is 0 Å². The zero-order valence-corrected chi connectivity index (χ0v) is 33.9. The summed E-state index contributed by atoms with van der Waals surface area (Å²) < 4.78 is 6.43. The first-order valence-electron chi connectivity index (χ1n) is 21.2. The molecule has 1 aromatic heterocycles. The highest BCUT2D eigenvalue weighted by Crippen LogP contribution is 2.45. The van der Waals surface area contributed by atoms with Gasteiger partial charge in [0.15, 0.2) is 0 Å². The monoisotopic (exact) mass is 789 g/mol. The third kappa shape index (κ3) is 6.20. The van der Waals surface area contributed by atoms with Gasteiger partial charge in [-0.15, -0.1) is 0 Å². The Kier molecular flexibility index (Phi) is 8.53. The molecule has 290 valence electrons. The van der Waals surface area contributed by atoms with E-state index < -0.39 is 0 Å². The molecule has 2 heteroatoms. The van der Waals surface area contributed by atoms with Gasteiger partial charge in [0.2, 0.25) is 0 Å². The SMILES string of the molecule is c1ccc(-c2ccc3c(c2)cc(-c2ccc(N(c4ccc(-c5ccc6ccccc6c5)cc4)c4cccc5oc6ccccc6c45)cc2)c2cc(-c4ccccc4)ccc23)cc1. The summed E-state index contributed by atoms with van der Waals surface area (Å²) in [5.41, 5.74) is 14.5. The number of furan rings is 1. The summed E-state index contributed by atoms with van der Waals surface area (Å²) in [6, 6.07) is 85.6. The number of hydrogen-bond acceptors (Lipinski definition) is 2. The van der Waals surface area contributed by atoms with Crippen LogP contribution in [0.4, 0.5) is 17.1 Å². The Morgan fingerprint density at radius 1 is 0.274 bits per heavy atom. The molecule has 12 aromatic rings. The van der Waals surface area contributed by atoms with E-state index in [4.69, 9.17) is 4.42 Å². The van der Waals surface area contributed by atoms with Crippen LogP contribution in [0.5, 0.6) is 0 Å². The molecule has 0 spiro atoms. The van der Waals surface area contributed by atoms with Crippen molar-refractivity contribution in [2.24, 2.45) is 0 Å². The van der Waals surface area contributed by atoms with Crippen molar-refractivity contribution in [3.63, 3.8) is 0 Å². The van der Waals surface area contributed by atoms with Gasteiger partial charge in [0.25, 0.3) is 0 Å². The smallest absolute Gasteiger partial charge is 0.137 e. The van der Waals surface area contributed by atoms with E-state index in [1.165, 1.54) is 71.3 Å². The topological polar surface area (TPSA) is 16.4 Å². The van der Waals surface area contributed by atoms with Crippen LogP contribution in [0.15, 0.2) is 241 Å². The molecule has 0 saturated heterocycles. The Balaban J connectivity index is 1.02. The maximum atomic E-state index is 6.43. The average Bonchev–Trinajstić information content (AvgIpc) is 3.74. The number of para-hydroxylation sites is 1. The minimum Gasteiger partial charge on any atom is -0.456 e. The predicted octanol–water partition coefficient (Wildman–Crippen LogP) is 17.2. The van der Waals surface area contributed by atoms with Crippen LogP contribution < -0.4 is 4.90 Å². The van der Waals surface area contributed by atoms with E-state index in [0.717, 1.165) is 44.6 Å². The molecule has 0 saturated carbocycles. The first kappa shape index (κ1) is 35.7. The first-order valence-corrected chi connectivity index (χ1v) is 21.2. The fourth-order valence-electron chi connectivity index (χ4n) is 9.35. The normalized spacial score (nSPS) is 11.5. The molecule has 0 fully saturated rings. The van der Waals surface area contributed by atoms with Crippen molar-refractivity contribution in [2.75, 3.05) is 4.90 Å². The maximum Gasteiger partial charge on any atom is 0.137 e. The Hall–Kier alpha value is -8.20. The molecule has 0 radical (unpaired) electrons. The molecule has 0 atom stereocenters. The summed E-state index contributed by atoms with van der Waals surface area (Å²) >= 11 is 0. The van der Waals surface area contributed by atoms with Crippen molar-refractivity contribution in [1.29, 1.82) is 0 Å². The molecule has 1 heterocycles. The van der Waals surface area contributed by atoms with Crippen molar-refractivity contribution in [3.8, 4) is 44.5 Å². The lowest BCUT2D eigenvalue weighted by Crippen LogP contribution is -2.10. The van der Waals surface area contributed by atoms with Crippen molar-refractivity contribution in [2.45, 2.75) is 0 Å². The summed E-state index contributed by atoms with van der Waals surface area (Å²) in [5.74, 6) is 0. The Labute approximate surface area is 360 Å². The van der Waals surface area contributed by atoms with Crippen LogP contribution in [0, 0.1) is 0 Å². The van der Waals surface area contributed by atoms with E-state index in [9.17, 15) is 0 Å². The van der Waals surface area contributed by atoms with E-state index in [1.807, 2.05) is 6.07 Å². The molecule has 0 aliphatic heterocycles. The fourth-order valence-corrected chi connectivity index (χ4v) is 9.35. The zero-order valence-electron chi connectivity index (χ0n) is 33.9. The molecule has 11 aromatic carbocycles. The van der Waals surface area contributed by atoms with Crippen molar-refractivity contribution in [1.82, 2.24) is 0 Å². The van der Waals surface area contributed by atoms with Crippen LogP contribution in [0.2, 0.25) is 0 Å². The number of anilines is 3. The van der Waals surface area contributed by atoms with Gasteiger partial charge in [0, 0.05) is 16.8 Å². The highest BCUT2D eigenvalue weighted by Gasteiger charge is 2.20. The fraction of sp³-hybridized carbons (Fsp3) is 0. The van der Waals surface area contributed by atoms with Gasteiger partial charge in [-0.2, -0.15) is 0 Å². The predicted molar refractivity (Wildman–Crippen MR) is 263 cm³/mol. The van der Waals surface area contributed by atoms with Gasteiger partial charge in [0.05, 0.1) is 11.1 Å². The van der Waals surface area contributed by atoms with E-state index in [-0.39, 0.29) is 0 Å². The van der Waals surface area contributed by atoms with E-state index in [2.05, 4.69) is 235 Å². The standard InChI is InChI=1S/C60H39NO/c1-3-12-40(13-4-1)47-28-34-52-49(37-47)39-55(56-38-48(29-35-53(52)56)41-14-5-2-6-15-41)44-26-32-51(33-27-44)61(57-19-11-21-59-60(57)54-18-9-10-20-58(54)62-59)50-30-24-43(25-31-50)46-23-22-42-16-7-8-17-45(42)36-46/h1-39H. The van der Waals surface area contributed by atoms with Crippen LogP contribution in [0.25, 0.3) is 98.8 Å². The van der Waals surface area contributed by atoms with Gasteiger partial charge in [0.1, 0.15) is 11.2 Å². The Morgan fingerprint density at radius 3 is 1.53 bits per heavy atom. The van der Waals surface area contributed by atoms with Gasteiger partial charge < -0.3 is 9.32 Å². The molecule has 0 N–H and O–H groups in total. The minimum atomic E-state index is 0.866. The Morgan fingerprint density at radius 2 is 0.806 bits per heavy atom. The van der Waals surface area contributed by atoms with Crippen LogP contribution in [0.1, 0.15) is 0 Å². The average molecular weight is 790 g/mol. The molecule has 0 amide bonds. The van der Waals surface area contributed by atoms with Crippen LogP contribution >= 0.6 is 0 Å². The van der Waals surface area contributed by atoms with Crippen molar-refractivity contribution in [3.05, 3.63) is 237 Å². The minimum absolute atomic E-state index is 0.866. The quantitative estimate of drug-likeness (QED) is 0.150. The summed E-state index contributed by atoms with van der Waals surface area (Å²) in [6.07, 6.45) is 0. The summed E-state index contributed by atoms with van der Waals surface area (Å²) in [5, 5.41) is 9.61. The van der Waals surface area contributed by atoms with Gasteiger partial charge in [-0.05, 0) is 144 Å². The van der Waals surface area contributed by atoms with E-state index in [1.54, 1.807) is 0 Å². The second-order valence-electron chi connectivity index (χ2n) is 16.1. The third-order valence-electron chi connectivity index (χ3n) is 12.4. The summed E-state index contributed by atoms with van der Waals surface area (Å²) in [6.45, 7) is 0.